The average Bonchev–Trinajstić information content (AvgIpc) is 4.08. The van der Waals surface area contributed by atoms with Crippen LogP contribution < -0.4 is 0 Å². The quantitative estimate of drug-likeness (QED) is 0.110. The fourth-order valence-corrected chi connectivity index (χ4v) is 11.2. The molecule has 3 fully saturated rings. The van der Waals surface area contributed by atoms with E-state index in [1.165, 1.54) is 25.8 Å². The highest BCUT2D eigenvalue weighted by Crippen LogP contribution is 2.39. The van der Waals surface area contributed by atoms with Crippen molar-refractivity contribution in [1.82, 2.24) is 35.0 Å². The van der Waals surface area contributed by atoms with Gasteiger partial charge in [0.2, 0.25) is 0 Å². The molecule has 21 heteroatoms. The number of carbonyl (C=O) groups excluding carboxylic acids is 1. The molecule has 20 nitrogen and oxygen atoms in total. The van der Waals surface area contributed by atoms with E-state index < -0.39 is 121 Å². The molecular weight excluding hydrogens is 962 g/mol. The van der Waals surface area contributed by atoms with Crippen LogP contribution in [0.4, 0.5) is 4.39 Å². The second-order valence-corrected chi connectivity index (χ2v) is 22.1. The number of carbonyl (C=O) groups is 1. The summed E-state index contributed by atoms with van der Waals surface area (Å²) >= 11 is 0. The molecule has 0 unspecified atom stereocenters. The maximum atomic E-state index is 14.9. The summed E-state index contributed by atoms with van der Waals surface area (Å²) in [5.74, 6) is -1.99. The van der Waals surface area contributed by atoms with Gasteiger partial charge in [-0.3, -0.25) is 9.89 Å². The third kappa shape index (κ3) is 13.8. The minimum absolute atomic E-state index is 0.0909. The zero-order chi connectivity index (χ0) is 54.4. The SMILES string of the molecule is CC[C@H]1OC(=O)[C@H](C)[C@@H](O[C@H]2C[C@@](C)(OC)[C@@H](O)[C@H](C)O2)C[C@@H](O[C@@H]2O[C@H](C)C[C@H](N(C)CCc3cn([C@H](CF)[C@H](OC)c4ccc(-c5cn[nH]c5)cc4)nn3)[C@H]2O)[C@](C)(O)C[C@@H](C)CN(C)[C@H](C)[C@@H](O)[C@]1(C)O. The molecule has 6 rings (SSSR count). The summed E-state index contributed by atoms with van der Waals surface area (Å²) in [6.07, 6.45) is -4.40. The number of halogens is 1. The predicted octanol–water partition coefficient (Wildman–Crippen LogP) is 4.15. The number of aliphatic hydroxyl groups is 5. The van der Waals surface area contributed by atoms with Crippen molar-refractivity contribution in [3.63, 3.8) is 0 Å². The Morgan fingerprint density at radius 3 is 2.30 bits per heavy atom. The largest absolute Gasteiger partial charge is 0.459 e. The summed E-state index contributed by atoms with van der Waals surface area (Å²) in [4.78, 5) is 18.3. The monoisotopic (exact) mass is 1050 g/mol. The first-order valence-electron chi connectivity index (χ1n) is 26.2. The van der Waals surface area contributed by atoms with Gasteiger partial charge in [-0.05, 0) is 98.9 Å². The van der Waals surface area contributed by atoms with Crippen molar-refractivity contribution < 1.29 is 67.9 Å². The Kier molecular flexibility index (Phi) is 20.4. The maximum Gasteiger partial charge on any atom is 0.311 e. The van der Waals surface area contributed by atoms with Gasteiger partial charge >= 0.3 is 5.97 Å². The number of rotatable bonds is 16. The van der Waals surface area contributed by atoms with Crippen LogP contribution in [0.25, 0.3) is 11.1 Å². The summed E-state index contributed by atoms with van der Waals surface area (Å²) in [5, 5.41) is 75.0. The highest BCUT2D eigenvalue weighted by molar-refractivity contribution is 5.73. The number of cyclic esters (lactones) is 1. The van der Waals surface area contributed by atoms with Crippen molar-refractivity contribution in [1.29, 1.82) is 0 Å². The number of hydrogen-bond donors (Lipinski definition) is 6. The zero-order valence-corrected chi connectivity index (χ0v) is 45.7. The van der Waals surface area contributed by atoms with Gasteiger partial charge in [0.15, 0.2) is 12.6 Å². The maximum absolute atomic E-state index is 14.9. The Hall–Kier alpha value is -3.55. The first-order chi connectivity index (χ1) is 34.9. The van der Waals surface area contributed by atoms with Crippen LogP contribution in [0.2, 0.25) is 0 Å². The minimum Gasteiger partial charge on any atom is -0.459 e. The van der Waals surface area contributed by atoms with Crippen LogP contribution in [0, 0.1) is 11.8 Å². The molecule has 3 aliphatic heterocycles. The van der Waals surface area contributed by atoms with E-state index >= 15 is 0 Å². The number of aromatic nitrogens is 5. The van der Waals surface area contributed by atoms with Crippen molar-refractivity contribution in [2.45, 2.75) is 203 Å². The number of benzene rings is 1. The Labute approximate surface area is 436 Å². The van der Waals surface area contributed by atoms with E-state index in [2.05, 4.69) is 20.5 Å². The van der Waals surface area contributed by atoms with E-state index in [1.54, 1.807) is 60.1 Å². The molecule has 19 atom stereocenters. The summed E-state index contributed by atoms with van der Waals surface area (Å²) in [6.45, 7) is 15.7. The number of nitrogens with zero attached hydrogens (tertiary/aromatic N) is 6. The number of methoxy groups -OCH3 is 2. The van der Waals surface area contributed by atoms with Crippen LogP contribution in [0.5, 0.6) is 0 Å². The fraction of sp³-hybridized carbons (Fsp3) is 0.774. The Morgan fingerprint density at radius 2 is 1.68 bits per heavy atom. The van der Waals surface area contributed by atoms with Crippen molar-refractivity contribution in [2.24, 2.45) is 11.8 Å². The number of hydrogen-bond acceptors (Lipinski definition) is 18. The molecule has 2 aromatic heterocycles. The van der Waals surface area contributed by atoms with E-state index in [1.807, 2.05) is 62.0 Å². The molecule has 0 spiro atoms. The van der Waals surface area contributed by atoms with Gasteiger partial charge < -0.3 is 68.5 Å². The number of aliphatic hydroxyl groups excluding tert-OH is 3. The molecule has 3 aliphatic rings. The van der Waals surface area contributed by atoms with Crippen molar-refractivity contribution in [3.05, 3.63) is 54.1 Å². The lowest BCUT2D eigenvalue weighted by Crippen LogP contribution is -2.59. The highest BCUT2D eigenvalue weighted by Gasteiger charge is 2.51. The normalized spacial score (nSPS) is 38.2. The Bertz CT molecular complexity index is 2190. The predicted molar refractivity (Wildman–Crippen MR) is 271 cm³/mol. The molecule has 6 N–H and O–H groups in total. The van der Waals surface area contributed by atoms with Gasteiger partial charge in [0.1, 0.15) is 48.8 Å². The molecule has 0 radical (unpaired) electrons. The fourth-order valence-electron chi connectivity index (χ4n) is 11.2. The smallest absolute Gasteiger partial charge is 0.311 e. The average molecular weight is 1050 g/mol. The molecule has 0 saturated carbocycles. The number of alkyl halides is 1. The van der Waals surface area contributed by atoms with E-state index in [0.29, 0.717) is 31.6 Å². The number of nitrogens with one attached hydrogen (secondary N) is 1. The van der Waals surface area contributed by atoms with Gasteiger partial charge in [-0.15, -0.1) is 5.10 Å². The molecule has 418 valence electrons. The van der Waals surface area contributed by atoms with Crippen LogP contribution >= 0.6 is 0 Å². The van der Waals surface area contributed by atoms with Gasteiger partial charge in [0.05, 0.1) is 53.4 Å². The van der Waals surface area contributed by atoms with Crippen LogP contribution in [-0.2, 0) is 44.4 Å². The van der Waals surface area contributed by atoms with E-state index in [9.17, 15) is 34.7 Å². The second kappa shape index (κ2) is 25.3. The highest BCUT2D eigenvalue weighted by atomic mass is 19.1. The van der Waals surface area contributed by atoms with Crippen molar-refractivity contribution in [2.75, 3.05) is 48.1 Å². The number of aromatic amines is 1. The molecule has 1 aromatic carbocycles. The number of likely N-dealkylation sites (N-methyl/N-ethyl adjacent to an activating group) is 2. The molecule has 0 amide bonds. The van der Waals surface area contributed by atoms with Crippen LogP contribution in [0.3, 0.4) is 0 Å². The van der Waals surface area contributed by atoms with E-state index in [-0.39, 0.29) is 31.6 Å². The van der Waals surface area contributed by atoms with Gasteiger partial charge in [-0.1, -0.05) is 43.3 Å². The van der Waals surface area contributed by atoms with Crippen LogP contribution in [0.15, 0.2) is 42.9 Å². The van der Waals surface area contributed by atoms with E-state index in [4.69, 9.17) is 33.2 Å². The number of H-pyrrole nitrogens is 1. The molecule has 0 bridgehead atoms. The Balaban J connectivity index is 1.23. The number of esters is 1. The van der Waals surface area contributed by atoms with Crippen molar-refractivity contribution >= 4 is 5.97 Å². The lowest BCUT2D eigenvalue weighted by atomic mass is 9.83. The van der Waals surface area contributed by atoms with Gasteiger partial charge in [-0.2, -0.15) is 5.10 Å². The second-order valence-electron chi connectivity index (χ2n) is 22.1. The zero-order valence-electron chi connectivity index (χ0n) is 45.7. The summed E-state index contributed by atoms with van der Waals surface area (Å²) in [7, 11) is 6.74. The third-order valence-electron chi connectivity index (χ3n) is 16.2. The van der Waals surface area contributed by atoms with Gasteiger partial charge in [0.25, 0.3) is 0 Å². The van der Waals surface area contributed by atoms with Crippen molar-refractivity contribution in [3.8, 4) is 11.1 Å². The molecule has 0 aliphatic carbocycles. The molecular formula is C53H86FN7O13. The minimum atomic E-state index is -1.84. The third-order valence-corrected chi connectivity index (χ3v) is 16.2. The summed E-state index contributed by atoms with van der Waals surface area (Å²) in [5.41, 5.74) is -1.28. The van der Waals surface area contributed by atoms with Crippen LogP contribution in [-0.4, -0.2) is 205 Å². The lowest BCUT2D eigenvalue weighted by Gasteiger charge is -2.47. The molecule has 5 heterocycles. The molecule has 3 saturated heterocycles. The topological polar surface area (TPSA) is 249 Å². The van der Waals surface area contributed by atoms with Gasteiger partial charge in [-0.25, -0.2) is 9.07 Å². The van der Waals surface area contributed by atoms with Gasteiger partial charge in [0, 0.05) is 76.6 Å². The summed E-state index contributed by atoms with van der Waals surface area (Å²) < 4.78 is 60.1. The standard InChI is InChI=1S/C53H86FN7O13/c1-14-42-53(9,67)47(63)33(5)60(11)28-30(2)23-51(7,66)43(22-41(32(4)49(65)73-42)72-44-24-52(8,69-13)48(64)34(6)71-44)74-50-45(62)39(21-31(3)70-50)59(10)20-19-38-29-61(58-57-38)40(25-54)46(68-12)36-17-15-35(16-18-36)37-26-55-56-27-37/h15-18,26-27,29-34,39-48,50,62-64,66-67H,14,19-25,28H2,1-13H3,(H,55,56)/t30-,31-,32-,33-,34+,39+,40-,41+,42-,43-,44+,45-,46-,47-,48+,50+,51-,52-,53-/m1/s1. The lowest BCUT2D eigenvalue weighted by molar-refractivity contribution is -0.308. The first kappa shape index (κ1) is 59.7. The number of ether oxygens (including phenoxy) is 7. The summed E-state index contributed by atoms with van der Waals surface area (Å²) in [6, 6.07) is 5.81. The van der Waals surface area contributed by atoms with Crippen LogP contribution in [0.1, 0.15) is 118 Å². The Morgan fingerprint density at radius 1 is 0.973 bits per heavy atom. The molecule has 3 aromatic rings. The van der Waals surface area contributed by atoms with E-state index in [0.717, 1.165) is 16.7 Å². The molecule has 74 heavy (non-hydrogen) atoms. The first-order valence-corrected chi connectivity index (χ1v) is 26.2.